The molecule has 3 rings (SSSR count). The van der Waals surface area contributed by atoms with E-state index in [-0.39, 0.29) is 17.2 Å². The molecule has 20 heavy (non-hydrogen) atoms. The summed E-state index contributed by atoms with van der Waals surface area (Å²) in [6.45, 7) is 2.08. The van der Waals surface area contributed by atoms with Gasteiger partial charge in [0.05, 0.1) is 12.5 Å². The number of carbonyl (C=O) groups excluding carboxylic acids is 1. The number of amides is 1. The van der Waals surface area contributed by atoms with Crippen molar-refractivity contribution in [2.24, 2.45) is 5.92 Å². The zero-order chi connectivity index (χ0) is 13.8. The number of hydrogen-bond acceptors (Lipinski definition) is 2. The minimum Gasteiger partial charge on any atom is -0.381 e. The van der Waals surface area contributed by atoms with Crippen LogP contribution >= 0.6 is 0 Å². The molecule has 0 spiro atoms. The molecule has 2 fully saturated rings. The highest BCUT2D eigenvalue weighted by Crippen LogP contribution is 2.40. The van der Waals surface area contributed by atoms with Crippen LogP contribution in [0.2, 0.25) is 0 Å². The molecule has 1 N–H and O–H groups in total. The number of ether oxygens (including phenoxy) is 1. The Morgan fingerprint density at radius 1 is 1.25 bits per heavy atom. The Labute approximate surface area is 120 Å². The van der Waals surface area contributed by atoms with E-state index in [4.69, 9.17) is 4.74 Å². The van der Waals surface area contributed by atoms with Crippen molar-refractivity contribution in [3.05, 3.63) is 35.9 Å². The molecule has 0 unspecified atom stereocenters. The molecule has 1 aliphatic carbocycles. The molecule has 3 heteroatoms. The van der Waals surface area contributed by atoms with Gasteiger partial charge in [-0.2, -0.15) is 0 Å². The highest BCUT2D eigenvalue weighted by molar-refractivity contribution is 5.79. The van der Waals surface area contributed by atoms with Gasteiger partial charge in [-0.15, -0.1) is 0 Å². The standard InChI is InChI=1S/C17H23NO2/c19-16(14-8-11-20-12-14)18-13-17(9-4-5-10-17)15-6-2-1-3-7-15/h1-3,6-7,14H,4-5,8-13H2,(H,18,19)/t14-/m1/s1. The first-order chi connectivity index (χ1) is 9.80. The lowest BCUT2D eigenvalue weighted by molar-refractivity contribution is -0.125. The zero-order valence-electron chi connectivity index (χ0n) is 11.9. The SMILES string of the molecule is O=C(NCC1(c2ccccc2)CCCC1)[C@@H]1CCOC1. The van der Waals surface area contributed by atoms with Gasteiger partial charge in [0.1, 0.15) is 0 Å². The molecule has 1 amide bonds. The summed E-state index contributed by atoms with van der Waals surface area (Å²) >= 11 is 0. The number of rotatable bonds is 4. The summed E-state index contributed by atoms with van der Waals surface area (Å²) in [5.41, 5.74) is 1.52. The minimum atomic E-state index is 0.0595. The molecule has 1 aromatic rings. The van der Waals surface area contributed by atoms with Crippen molar-refractivity contribution in [1.82, 2.24) is 5.32 Å². The fourth-order valence-corrected chi connectivity index (χ4v) is 3.55. The first kappa shape index (κ1) is 13.6. The Bertz CT molecular complexity index is 445. The van der Waals surface area contributed by atoms with Gasteiger partial charge in [0.25, 0.3) is 0 Å². The van der Waals surface area contributed by atoms with Gasteiger partial charge in [0.15, 0.2) is 0 Å². The third kappa shape index (κ3) is 2.73. The van der Waals surface area contributed by atoms with Crippen LogP contribution in [0.5, 0.6) is 0 Å². The van der Waals surface area contributed by atoms with E-state index < -0.39 is 0 Å². The Morgan fingerprint density at radius 2 is 2.00 bits per heavy atom. The average molecular weight is 273 g/mol. The van der Waals surface area contributed by atoms with E-state index in [0.717, 1.165) is 19.6 Å². The van der Waals surface area contributed by atoms with Gasteiger partial charge in [-0.1, -0.05) is 43.2 Å². The molecule has 0 aromatic heterocycles. The van der Waals surface area contributed by atoms with Crippen molar-refractivity contribution in [3.63, 3.8) is 0 Å². The fourth-order valence-electron chi connectivity index (χ4n) is 3.55. The van der Waals surface area contributed by atoms with Crippen molar-refractivity contribution >= 4 is 5.91 Å². The second kappa shape index (κ2) is 5.96. The maximum atomic E-state index is 12.2. The first-order valence-corrected chi connectivity index (χ1v) is 7.71. The average Bonchev–Trinajstić information content (AvgIpc) is 3.18. The van der Waals surface area contributed by atoms with E-state index in [2.05, 4.69) is 35.6 Å². The summed E-state index contributed by atoms with van der Waals surface area (Å²) in [6, 6.07) is 10.7. The molecule has 0 radical (unpaired) electrons. The van der Waals surface area contributed by atoms with Gasteiger partial charge in [-0.3, -0.25) is 4.79 Å². The third-order valence-corrected chi connectivity index (χ3v) is 4.85. The number of nitrogens with one attached hydrogen (secondary N) is 1. The molecule has 3 nitrogen and oxygen atoms in total. The van der Waals surface area contributed by atoms with E-state index in [0.29, 0.717) is 6.61 Å². The predicted molar refractivity (Wildman–Crippen MR) is 78.5 cm³/mol. The molecule has 1 saturated heterocycles. The molecule has 1 heterocycles. The second-order valence-corrected chi connectivity index (χ2v) is 6.13. The normalized spacial score (nSPS) is 24.7. The summed E-state index contributed by atoms with van der Waals surface area (Å²) in [7, 11) is 0. The third-order valence-electron chi connectivity index (χ3n) is 4.85. The molecule has 0 bridgehead atoms. The van der Waals surface area contributed by atoms with E-state index in [1.165, 1.54) is 31.2 Å². The Morgan fingerprint density at radius 3 is 2.65 bits per heavy atom. The molecule has 1 atom stereocenters. The van der Waals surface area contributed by atoms with Crippen LogP contribution in [0.3, 0.4) is 0 Å². The van der Waals surface area contributed by atoms with Gasteiger partial charge in [-0.05, 0) is 24.8 Å². The summed E-state index contributed by atoms with van der Waals surface area (Å²) in [4.78, 5) is 12.2. The van der Waals surface area contributed by atoms with Crippen LogP contribution in [0, 0.1) is 5.92 Å². The maximum absolute atomic E-state index is 12.2. The first-order valence-electron chi connectivity index (χ1n) is 7.71. The maximum Gasteiger partial charge on any atom is 0.225 e. The topological polar surface area (TPSA) is 38.3 Å². The molecular weight excluding hydrogens is 250 g/mol. The highest BCUT2D eigenvalue weighted by Gasteiger charge is 2.36. The monoisotopic (exact) mass is 273 g/mol. The Balaban J connectivity index is 1.67. The van der Waals surface area contributed by atoms with E-state index >= 15 is 0 Å². The van der Waals surface area contributed by atoms with Crippen LogP contribution in [0.1, 0.15) is 37.7 Å². The van der Waals surface area contributed by atoms with Crippen LogP contribution in [0.4, 0.5) is 0 Å². The Kier molecular flexibility index (Phi) is 4.06. The zero-order valence-corrected chi connectivity index (χ0v) is 11.9. The number of carbonyl (C=O) groups is 1. The van der Waals surface area contributed by atoms with Gasteiger partial charge >= 0.3 is 0 Å². The van der Waals surface area contributed by atoms with E-state index in [1.807, 2.05) is 0 Å². The van der Waals surface area contributed by atoms with Gasteiger partial charge in [0, 0.05) is 18.6 Å². The molecule has 1 aliphatic heterocycles. The van der Waals surface area contributed by atoms with Crippen LogP contribution in [0.15, 0.2) is 30.3 Å². The van der Waals surface area contributed by atoms with Gasteiger partial charge in [-0.25, -0.2) is 0 Å². The van der Waals surface area contributed by atoms with Crippen LogP contribution in [-0.4, -0.2) is 25.7 Å². The molecular formula is C17H23NO2. The smallest absolute Gasteiger partial charge is 0.225 e. The quantitative estimate of drug-likeness (QED) is 0.916. The second-order valence-electron chi connectivity index (χ2n) is 6.13. The van der Waals surface area contributed by atoms with E-state index in [9.17, 15) is 4.79 Å². The lowest BCUT2D eigenvalue weighted by Gasteiger charge is -2.30. The molecule has 1 aromatic carbocycles. The van der Waals surface area contributed by atoms with Gasteiger partial charge in [0.2, 0.25) is 5.91 Å². The summed E-state index contributed by atoms with van der Waals surface area (Å²) < 4.78 is 5.30. The van der Waals surface area contributed by atoms with Crippen LogP contribution in [-0.2, 0) is 14.9 Å². The summed E-state index contributed by atoms with van der Waals surface area (Å²) in [5.74, 6) is 0.230. The molecule has 2 aliphatic rings. The summed E-state index contributed by atoms with van der Waals surface area (Å²) in [5, 5.41) is 3.19. The lowest BCUT2D eigenvalue weighted by atomic mass is 9.78. The largest absolute Gasteiger partial charge is 0.381 e. The van der Waals surface area contributed by atoms with Crippen molar-refractivity contribution in [2.45, 2.75) is 37.5 Å². The fraction of sp³-hybridized carbons (Fsp3) is 0.588. The van der Waals surface area contributed by atoms with Crippen LogP contribution in [0.25, 0.3) is 0 Å². The molecule has 108 valence electrons. The van der Waals surface area contributed by atoms with Crippen LogP contribution < -0.4 is 5.32 Å². The van der Waals surface area contributed by atoms with Crippen molar-refractivity contribution in [3.8, 4) is 0 Å². The minimum absolute atomic E-state index is 0.0595. The van der Waals surface area contributed by atoms with Gasteiger partial charge < -0.3 is 10.1 Å². The van der Waals surface area contributed by atoms with Crippen molar-refractivity contribution < 1.29 is 9.53 Å². The summed E-state index contributed by atoms with van der Waals surface area (Å²) in [6.07, 6.45) is 5.75. The van der Waals surface area contributed by atoms with Crippen molar-refractivity contribution in [2.75, 3.05) is 19.8 Å². The number of benzene rings is 1. The lowest BCUT2D eigenvalue weighted by Crippen LogP contribution is -2.41. The predicted octanol–water partition coefficient (Wildman–Crippen LogP) is 2.65. The van der Waals surface area contributed by atoms with E-state index in [1.54, 1.807) is 0 Å². The number of hydrogen-bond donors (Lipinski definition) is 1. The Hall–Kier alpha value is -1.35. The molecule has 1 saturated carbocycles. The van der Waals surface area contributed by atoms with Crippen molar-refractivity contribution in [1.29, 1.82) is 0 Å². The highest BCUT2D eigenvalue weighted by atomic mass is 16.5.